The van der Waals surface area contributed by atoms with Crippen LogP contribution in [0.5, 0.6) is 0 Å². The highest BCUT2D eigenvalue weighted by atomic mass is 35.5. The second-order valence-corrected chi connectivity index (χ2v) is 3.98. The molecule has 0 fully saturated rings. The summed E-state index contributed by atoms with van der Waals surface area (Å²) in [7, 11) is 0. The van der Waals surface area contributed by atoms with Gasteiger partial charge in [-0.1, -0.05) is 23.7 Å². The van der Waals surface area contributed by atoms with Gasteiger partial charge in [-0.05, 0) is 29.8 Å². The second kappa shape index (κ2) is 6.99. The Balaban J connectivity index is 0.00000162. The van der Waals surface area contributed by atoms with Crippen molar-refractivity contribution in [2.75, 3.05) is 0 Å². The largest absolute Gasteiger partial charge is 0.348 e. The number of benzene rings is 1. The monoisotopic (exact) mass is 282 g/mol. The van der Waals surface area contributed by atoms with E-state index in [2.05, 4.69) is 10.3 Å². The first-order valence-electron chi connectivity index (χ1n) is 5.18. The van der Waals surface area contributed by atoms with Crippen molar-refractivity contribution in [1.29, 1.82) is 0 Å². The summed E-state index contributed by atoms with van der Waals surface area (Å²) in [6, 6.07) is 10.7. The van der Waals surface area contributed by atoms with Crippen molar-refractivity contribution in [3.63, 3.8) is 0 Å². The number of halogens is 2. The van der Waals surface area contributed by atoms with Crippen molar-refractivity contribution in [2.45, 2.75) is 6.54 Å². The number of rotatable bonds is 3. The first-order chi connectivity index (χ1) is 8.25. The summed E-state index contributed by atoms with van der Waals surface area (Å²) in [5.41, 5.74) is 1.62. The Morgan fingerprint density at radius 3 is 2.33 bits per heavy atom. The Hall–Kier alpha value is -1.58. The van der Waals surface area contributed by atoms with Gasteiger partial charge in [0.1, 0.15) is 0 Å². The molecule has 5 heteroatoms. The number of hydrogen-bond donors (Lipinski definition) is 1. The molecule has 18 heavy (non-hydrogen) atoms. The fraction of sp³-hybridized carbons (Fsp3) is 0.0769. The number of carbonyl (C=O) groups excluding carboxylic acids is 1. The van der Waals surface area contributed by atoms with Crippen LogP contribution in [-0.2, 0) is 6.54 Å². The minimum absolute atomic E-state index is 0. The molecule has 3 nitrogen and oxygen atoms in total. The van der Waals surface area contributed by atoms with Crippen LogP contribution in [0.15, 0.2) is 48.8 Å². The van der Waals surface area contributed by atoms with Gasteiger partial charge in [0.05, 0.1) is 0 Å². The molecule has 1 N–H and O–H groups in total. The normalized spacial score (nSPS) is 9.39. The molecule has 2 aromatic rings. The number of amides is 1. The molecular weight excluding hydrogens is 271 g/mol. The number of hydrogen-bond acceptors (Lipinski definition) is 2. The molecule has 0 saturated heterocycles. The number of carbonyl (C=O) groups is 1. The zero-order valence-corrected chi connectivity index (χ0v) is 11.0. The van der Waals surface area contributed by atoms with Crippen molar-refractivity contribution in [1.82, 2.24) is 10.3 Å². The quantitative estimate of drug-likeness (QED) is 0.940. The highest BCUT2D eigenvalue weighted by Crippen LogP contribution is 2.09. The highest BCUT2D eigenvalue weighted by molar-refractivity contribution is 6.30. The van der Waals surface area contributed by atoms with Gasteiger partial charge in [-0.2, -0.15) is 0 Å². The molecule has 0 aliphatic carbocycles. The van der Waals surface area contributed by atoms with E-state index in [0.717, 1.165) is 5.56 Å². The smallest absolute Gasteiger partial charge is 0.251 e. The molecule has 94 valence electrons. The highest BCUT2D eigenvalue weighted by Gasteiger charge is 2.03. The van der Waals surface area contributed by atoms with E-state index in [1.807, 2.05) is 12.1 Å². The first kappa shape index (κ1) is 14.5. The summed E-state index contributed by atoms with van der Waals surface area (Å²) >= 11 is 5.78. The van der Waals surface area contributed by atoms with E-state index in [1.165, 1.54) is 0 Å². The zero-order chi connectivity index (χ0) is 12.1. The molecule has 2 rings (SSSR count). The van der Waals surface area contributed by atoms with Crippen molar-refractivity contribution >= 4 is 29.9 Å². The lowest BCUT2D eigenvalue weighted by atomic mass is 10.2. The third-order valence-corrected chi connectivity index (χ3v) is 2.56. The molecule has 0 spiro atoms. The van der Waals surface area contributed by atoms with Crippen LogP contribution in [0, 0.1) is 0 Å². The van der Waals surface area contributed by atoms with Crippen LogP contribution < -0.4 is 5.32 Å². The molecule has 1 heterocycles. The Bertz CT molecular complexity index is 500. The minimum atomic E-state index is -0.109. The van der Waals surface area contributed by atoms with Crippen LogP contribution >= 0.6 is 24.0 Å². The third kappa shape index (κ3) is 4.02. The molecule has 1 aromatic heterocycles. The summed E-state index contributed by atoms with van der Waals surface area (Å²) in [6.45, 7) is 0.484. The molecular formula is C13H12Cl2N2O. The van der Waals surface area contributed by atoms with Gasteiger partial charge in [-0.15, -0.1) is 12.4 Å². The molecule has 1 aromatic carbocycles. The van der Waals surface area contributed by atoms with Crippen molar-refractivity contribution in [3.8, 4) is 0 Å². The average molecular weight is 283 g/mol. The summed E-state index contributed by atoms with van der Waals surface area (Å²) in [4.78, 5) is 15.6. The molecule has 0 bridgehead atoms. The molecule has 0 aliphatic heterocycles. The lowest BCUT2D eigenvalue weighted by Gasteiger charge is -2.05. The molecule has 0 saturated carbocycles. The van der Waals surface area contributed by atoms with Crippen molar-refractivity contribution in [3.05, 3.63) is 64.9 Å². The fourth-order valence-electron chi connectivity index (χ4n) is 1.39. The third-order valence-electron chi connectivity index (χ3n) is 2.31. The van der Waals surface area contributed by atoms with Gasteiger partial charge in [0.15, 0.2) is 0 Å². The van der Waals surface area contributed by atoms with E-state index in [0.29, 0.717) is 17.1 Å². The number of aromatic nitrogens is 1. The van der Waals surface area contributed by atoms with Crippen LogP contribution in [0.4, 0.5) is 0 Å². The van der Waals surface area contributed by atoms with Crippen LogP contribution in [0.25, 0.3) is 0 Å². The Morgan fingerprint density at radius 1 is 1.11 bits per heavy atom. The van der Waals surface area contributed by atoms with Crippen LogP contribution in [0.1, 0.15) is 15.9 Å². The second-order valence-electron chi connectivity index (χ2n) is 3.55. The Labute approximate surface area is 117 Å². The summed E-state index contributed by atoms with van der Waals surface area (Å²) < 4.78 is 0. The van der Waals surface area contributed by atoms with Gasteiger partial charge in [0.2, 0.25) is 0 Å². The van der Waals surface area contributed by atoms with E-state index in [-0.39, 0.29) is 18.3 Å². The van der Waals surface area contributed by atoms with E-state index in [1.54, 1.807) is 36.7 Å². The van der Waals surface area contributed by atoms with Gasteiger partial charge in [0, 0.05) is 29.5 Å². The van der Waals surface area contributed by atoms with Crippen LogP contribution in [0.2, 0.25) is 5.02 Å². The van der Waals surface area contributed by atoms with E-state index in [9.17, 15) is 4.79 Å². The Kier molecular flexibility index (Phi) is 5.62. The van der Waals surface area contributed by atoms with Crippen molar-refractivity contribution < 1.29 is 4.79 Å². The molecule has 1 amide bonds. The van der Waals surface area contributed by atoms with Gasteiger partial charge in [0.25, 0.3) is 5.91 Å². The standard InChI is InChI=1S/C13H11ClN2O.ClH/c14-12-3-1-10(2-4-12)9-16-13(17)11-5-7-15-8-6-11;/h1-8H,9H2,(H,16,17);1H. The first-order valence-corrected chi connectivity index (χ1v) is 5.56. The number of nitrogens with one attached hydrogen (secondary N) is 1. The van der Waals surface area contributed by atoms with Crippen LogP contribution in [-0.4, -0.2) is 10.9 Å². The predicted molar refractivity (Wildman–Crippen MR) is 74.1 cm³/mol. The maximum absolute atomic E-state index is 11.7. The van der Waals surface area contributed by atoms with E-state index >= 15 is 0 Å². The maximum Gasteiger partial charge on any atom is 0.251 e. The van der Waals surface area contributed by atoms with Crippen molar-refractivity contribution in [2.24, 2.45) is 0 Å². The Morgan fingerprint density at radius 2 is 1.72 bits per heavy atom. The predicted octanol–water partition coefficient (Wildman–Crippen LogP) is 3.09. The molecule has 0 unspecified atom stereocenters. The lowest BCUT2D eigenvalue weighted by Crippen LogP contribution is -2.22. The topological polar surface area (TPSA) is 42.0 Å². The summed E-state index contributed by atoms with van der Waals surface area (Å²) in [5.74, 6) is -0.109. The zero-order valence-electron chi connectivity index (χ0n) is 9.47. The minimum Gasteiger partial charge on any atom is -0.348 e. The lowest BCUT2D eigenvalue weighted by molar-refractivity contribution is 0.0951. The van der Waals surface area contributed by atoms with Gasteiger partial charge >= 0.3 is 0 Å². The van der Waals surface area contributed by atoms with Crippen LogP contribution in [0.3, 0.4) is 0 Å². The number of nitrogens with zero attached hydrogens (tertiary/aromatic N) is 1. The summed E-state index contributed by atoms with van der Waals surface area (Å²) in [6.07, 6.45) is 3.19. The van der Waals surface area contributed by atoms with Gasteiger partial charge in [-0.3, -0.25) is 9.78 Å². The fourth-order valence-corrected chi connectivity index (χ4v) is 1.52. The molecule has 0 atom stereocenters. The van der Waals surface area contributed by atoms with E-state index < -0.39 is 0 Å². The van der Waals surface area contributed by atoms with E-state index in [4.69, 9.17) is 11.6 Å². The SMILES string of the molecule is Cl.O=C(NCc1ccc(Cl)cc1)c1ccncc1. The van der Waals surface area contributed by atoms with Gasteiger partial charge < -0.3 is 5.32 Å². The number of pyridine rings is 1. The average Bonchev–Trinajstić information content (AvgIpc) is 2.39. The molecule has 0 radical (unpaired) electrons. The van der Waals surface area contributed by atoms with Gasteiger partial charge in [-0.25, -0.2) is 0 Å². The summed E-state index contributed by atoms with van der Waals surface area (Å²) in [5, 5.41) is 3.51. The maximum atomic E-state index is 11.7. The molecule has 0 aliphatic rings.